The van der Waals surface area contributed by atoms with E-state index >= 15 is 0 Å². The standard InChI is InChI=1S/C16H18ClNOS/c17-16-6-5-15(20-16)14(19)8-10-18-9-7-12-3-1-2-4-13(12)11-18/h1-6,14,19H,7-11H2. The van der Waals surface area contributed by atoms with Gasteiger partial charge in [0.1, 0.15) is 0 Å². The first-order valence-electron chi connectivity index (χ1n) is 6.95. The SMILES string of the molecule is OC(CCN1CCc2ccccc2C1)c1ccc(Cl)s1. The Morgan fingerprint density at radius 2 is 2.00 bits per heavy atom. The Bertz CT molecular complexity index is 583. The van der Waals surface area contributed by atoms with Gasteiger partial charge in [0.2, 0.25) is 0 Å². The Morgan fingerprint density at radius 1 is 1.20 bits per heavy atom. The molecule has 0 amide bonds. The van der Waals surface area contributed by atoms with Crippen molar-refractivity contribution in [2.24, 2.45) is 0 Å². The fraction of sp³-hybridized carbons (Fsp3) is 0.375. The van der Waals surface area contributed by atoms with Crippen molar-refractivity contribution >= 4 is 22.9 Å². The number of thiophene rings is 1. The van der Waals surface area contributed by atoms with Crippen molar-refractivity contribution in [1.29, 1.82) is 0 Å². The van der Waals surface area contributed by atoms with Crippen LogP contribution in [0.15, 0.2) is 36.4 Å². The first-order valence-corrected chi connectivity index (χ1v) is 8.14. The molecule has 0 fully saturated rings. The topological polar surface area (TPSA) is 23.5 Å². The number of rotatable bonds is 4. The van der Waals surface area contributed by atoms with Crippen molar-refractivity contribution < 1.29 is 5.11 Å². The number of hydrogen-bond acceptors (Lipinski definition) is 3. The van der Waals surface area contributed by atoms with Crippen LogP contribution in [0.3, 0.4) is 0 Å². The van der Waals surface area contributed by atoms with Crippen molar-refractivity contribution in [3.05, 3.63) is 56.7 Å². The van der Waals surface area contributed by atoms with E-state index in [0.717, 1.165) is 41.7 Å². The zero-order valence-electron chi connectivity index (χ0n) is 11.3. The lowest BCUT2D eigenvalue weighted by Crippen LogP contribution is -2.31. The maximum Gasteiger partial charge on any atom is 0.0932 e. The molecule has 0 bridgehead atoms. The fourth-order valence-electron chi connectivity index (χ4n) is 2.70. The van der Waals surface area contributed by atoms with Gasteiger partial charge in [-0.2, -0.15) is 0 Å². The molecule has 0 saturated carbocycles. The number of aliphatic hydroxyl groups excluding tert-OH is 1. The Kier molecular flexibility index (Phi) is 4.41. The summed E-state index contributed by atoms with van der Waals surface area (Å²) in [5.41, 5.74) is 2.89. The lowest BCUT2D eigenvalue weighted by atomic mass is 9.99. The molecule has 1 aromatic heterocycles. The Morgan fingerprint density at radius 3 is 2.75 bits per heavy atom. The van der Waals surface area contributed by atoms with Crippen LogP contribution in [0.2, 0.25) is 4.34 Å². The Hall–Kier alpha value is -0.870. The third-order valence-corrected chi connectivity index (χ3v) is 5.18. The highest BCUT2D eigenvalue weighted by Crippen LogP contribution is 2.29. The van der Waals surface area contributed by atoms with Crippen molar-refractivity contribution in [3.8, 4) is 0 Å². The van der Waals surface area contributed by atoms with E-state index in [2.05, 4.69) is 29.2 Å². The molecule has 0 aliphatic carbocycles. The van der Waals surface area contributed by atoms with Crippen molar-refractivity contribution in [2.45, 2.75) is 25.5 Å². The molecule has 4 heteroatoms. The molecule has 1 aliphatic heterocycles. The zero-order chi connectivity index (χ0) is 13.9. The maximum absolute atomic E-state index is 10.2. The van der Waals surface area contributed by atoms with E-state index in [-0.39, 0.29) is 0 Å². The number of nitrogens with zero attached hydrogens (tertiary/aromatic N) is 1. The van der Waals surface area contributed by atoms with Gasteiger partial charge in [-0.25, -0.2) is 0 Å². The normalized spacial score (nSPS) is 16.9. The molecule has 1 unspecified atom stereocenters. The summed E-state index contributed by atoms with van der Waals surface area (Å²) in [6.45, 7) is 2.99. The fourth-order valence-corrected chi connectivity index (χ4v) is 3.78. The first kappa shape index (κ1) is 14.1. The summed E-state index contributed by atoms with van der Waals surface area (Å²) < 4.78 is 0.742. The van der Waals surface area contributed by atoms with E-state index in [1.54, 1.807) is 0 Å². The molecule has 3 rings (SSSR count). The second kappa shape index (κ2) is 6.27. The largest absolute Gasteiger partial charge is 0.388 e. The average Bonchev–Trinajstić information content (AvgIpc) is 2.91. The van der Waals surface area contributed by atoms with Crippen LogP contribution in [-0.2, 0) is 13.0 Å². The van der Waals surface area contributed by atoms with Gasteiger partial charge in [-0.3, -0.25) is 4.90 Å². The number of fused-ring (bicyclic) bond motifs is 1. The van der Waals surface area contributed by atoms with E-state index < -0.39 is 6.10 Å². The van der Waals surface area contributed by atoms with Crippen molar-refractivity contribution in [3.63, 3.8) is 0 Å². The smallest absolute Gasteiger partial charge is 0.0932 e. The van der Waals surface area contributed by atoms with E-state index in [1.807, 2.05) is 12.1 Å². The van der Waals surface area contributed by atoms with Crippen LogP contribution in [0.1, 0.15) is 28.5 Å². The molecule has 1 N–H and O–H groups in total. The van der Waals surface area contributed by atoms with Gasteiger partial charge < -0.3 is 5.11 Å². The third kappa shape index (κ3) is 3.23. The minimum absolute atomic E-state index is 0.398. The van der Waals surface area contributed by atoms with Gasteiger partial charge in [0.25, 0.3) is 0 Å². The summed E-state index contributed by atoms with van der Waals surface area (Å²) in [6, 6.07) is 12.4. The van der Waals surface area contributed by atoms with Gasteiger partial charge in [0, 0.05) is 24.5 Å². The summed E-state index contributed by atoms with van der Waals surface area (Å²) >= 11 is 7.37. The lowest BCUT2D eigenvalue weighted by molar-refractivity contribution is 0.140. The second-order valence-corrected chi connectivity index (χ2v) is 6.99. The van der Waals surface area contributed by atoms with Gasteiger partial charge in [0.05, 0.1) is 10.4 Å². The quantitative estimate of drug-likeness (QED) is 0.926. The van der Waals surface area contributed by atoms with Crippen molar-refractivity contribution in [2.75, 3.05) is 13.1 Å². The summed E-state index contributed by atoms with van der Waals surface area (Å²) in [5, 5.41) is 10.2. The summed E-state index contributed by atoms with van der Waals surface area (Å²) in [6.07, 6.45) is 1.47. The van der Waals surface area contributed by atoms with E-state index in [9.17, 15) is 5.11 Å². The summed E-state index contributed by atoms with van der Waals surface area (Å²) in [4.78, 5) is 3.38. The van der Waals surface area contributed by atoms with Gasteiger partial charge in [-0.05, 0) is 36.1 Å². The predicted octanol–water partition coefficient (Wildman–Crippen LogP) is 3.88. The van der Waals surface area contributed by atoms with Gasteiger partial charge in [0.15, 0.2) is 0 Å². The summed E-state index contributed by atoms with van der Waals surface area (Å²) in [5.74, 6) is 0. The Labute approximate surface area is 128 Å². The zero-order valence-corrected chi connectivity index (χ0v) is 12.8. The number of halogens is 1. The summed E-state index contributed by atoms with van der Waals surface area (Å²) in [7, 11) is 0. The molecular weight excluding hydrogens is 290 g/mol. The van der Waals surface area contributed by atoms with E-state index in [1.165, 1.54) is 22.5 Å². The third-order valence-electron chi connectivity index (χ3n) is 3.85. The molecule has 2 aromatic rings. The molecule has 2 nitrogen and oxygen atoms in total. The van der Waals surface area contributed by atoms with Gasteiger partial charge >= 0.3 is 0 Å². The minimum atomic E-state index is -0.398. The molecule has 1 aliphatic rings. The van der Waals surface area contributed by atoms with Crippen LogP contribution in [0.5, 0.6) is 0 Å². The second-order valence-electron chi connectivity index (χ2n) is 5.24. The van der Waals surface area contributed by atoms with Crippen LogP contribution in [0, 0.1) is 0 Å². The number of benzene rings is 1. The lowest BCUT2D eigenvalue weighted by Gasteiger charge is -2.29. The van der Waals surface area contributed by atoms with Crippen LogP contribution in [-0.4, -0.2) is 23.1 Å². The Balaban J connectivity index is 1.55. The molecule has 0 spiro atoms. The minimum Gasteiger partial charge on any atom is -0.388 e. The van der Waals surface area contributed by atoms with E-state index in [0.29, 0.717) is 0 Å². The van der Waals surface area contributed by atoms with Crippen LogP contribution < -0.4 is 0 Å². The highest BCUT2D eigenvalue weighted by Gasteiger charge is 2.17. The molecular formula is C16H18ClNOS. The molecule has 20 heavy (non-hydrogen) atoms. The highest BCUT2D eigenvalue weighted by atomic mass is 35.5. The van der Waals surface area contributed by atoms with Crippen LogP contribution >= 0.6 is 22.9 Å². The predicted molar refractivity (Wildman–Crippen MR) is 84.3 cm³/mol. The van der Waals surface area contributed by atoms with E-state index in [4.69, 9.17) is 11.6 Å². The molecule has 1 aromatic carbocycles. The maximum atomic E-state index is 10.2. The van der Waals surface area contributed by atoms with Crippen LogP contribution in [0.4, 0.5) is 0 Å². The number of aliphatic hydroxyl groups is 1. The first-order chi connectivity index (χ1) is 9.72. The van der Waals surface area contributed by atoms with Gasteiger partial charge in [-0.15, -0.1) is 11.3 Å². The molecule has 0 saturated heterocycles. The average molecular weight is 308 g/mol. The highest BCUT2D eigenvalue weighted by molar-refractivity contribution is 7.16. The molecule has 2 heterocycles. The van der Waals surface area contributed by atoms with Gasteiger partial charge in [-0.1, -0.05) is 35.9 Å². The number of hydrogen-bond donors (Lipinski definition) is 1. The monoisotopic (exact) mass is 307 g/mol. The van der Waals surface area contributed by atoms with Crippen LogP contribution in [0.25, 0.3) is 0 Å². The molecule has 1 atom stereocenters. The molecule has 106 valence electrons. The molecule has 0 radical (unpaired) electrons. The van der Waals surface area contributed by atoms with Crippen molar-refractivity contribution in [1.82, 2.24) is 4.90 Å².